The predicted molar refractivity (Wildman–Crippen MR) is 136 cm³/mol. The van der Waals surface area contributed by atoms with Crippen LogP contribution in [0.3, 0.4) is 0 Å². The molecular formula is C24H38N6O5S. The van der Waals surface area contributed by atoms with Crippen LogP contribution < -0.4 is 4.74 Å². The van der Waals surface area contributed by atoms with E-state index in [4.69, 9.17) is 9.15 Å². The molecule has 2 heterocycles. The van der Waals surface area contributed by atoms with E-state index in [2.05, 4.69) is 34.1 Å². The lowest BCUT2D eigenvalue weighted by Crippen LogP contribution is -2.49. The van der Waals surface area contributed by atoms with E-state index in [-0.39, 0.29) is 29.1 Å². The molecule has 1 aliphatic rings. The highest BCUT2D eigenvalue weighted by atomic mass is 32.2. The molecule has 1 amide bonds. The molecule has 0 unspecified atom stereocenters. The van der Waals surface area contributed by atoms with Gasteiger partial charge in [-0.05, 0) is 77.1 Å². The molecule has 0 bridgehead atoms. The third kappa shape index (κ3) is 6.81. The fraction of sp³-hybridized carbons (Fsp3) is 0.625. The van der Waals surface area contributed by atoms with Crippen molar-refractivity contribution in [1.82, 2.24) is 29.2 Å². The zero-order chi connectivity index (χ0) is 26.5. The molecule has 0 atom stereocenters. The molecule has 1 fully saturated rings. The van der Waals surface area contributed by atoms with Gasteiger partial charge < -0.3 is 19.0 Å². The molecule has 11 nitrogen and oxygen atoms in total. The van der Waals surface area contributed by atoms with Crippen LogP contribution in [0.2, 0.25) is 0 Å². The smallest absolute Gasteiger partial charge is 0.311 e. The molecule has 1 saturated heterocycles. The number of hydrogen-bond acceptors (Lipinski definition) is 9. The van der Waals surface area contributed by atoms with Crippen LogP contribution in [0.15, 0.2) is 21.4 Å². The minimum atomic E-state index is -3.83. The number of hydrogen-bond donors (Lipinski definition) is 0. The van der Waals surface area contributed by atoms with Crippen LogP contribution in [-0.4, -0.2) is 111 Å². The van der Waals surface area contributed by atoms with Crippen molar-refractivity contribution < 1.29 is 22.4 Å². The molecule has 1 aromatic heterocycles. The van der Waals surface area contributed by atoms with E-state index in [0.29, 0.717) is 30.0 Å². The van der Waals surface area contributed by atoms with E-state index in [1.54, 1.807) is 30.9 Å². The molecule has 2 aromatic rings. The van der Waals surface area contributed by atoms with Crippen molar-refractivity contribution in [3.63, 3.8) is 0 Å². The molecule has 0 spiro atoms. The van der Waals surface area contributed by atoms with Crippen LogP contribution in [0.25, 0.3) is 0 Å². The summed E-state index contributed by atoms with van der Waals surface area (Å²) in [6.07, 6.45) is 2.28. The highest BCUT2D eigenvalue weighted by Crippen LogP contribution is 2.28. The fourth-order valence-corrected chi connectivity index (χ4v) is 5.87. The van der Waals surface area contributed by atoms with Crippen molar-refractivity contribution in [2.24, 2.45) is 0 Å². The second kappa shape index (κ2) is 12.1. The average Bonchev–Trinajstić information content (AvgIpc) is 3.29. The number of methoxy groups -OCH3 is 1. The summed E-state index contributed by atoms with van der Waals surface area (Å²) < 4.78 is 38.4. The lowest BCUT2D eigenvalue weighted by molar-refractivity contribution is 0.0593. The molecular weight excluding hydrogens is 484 g/mol. The first-order chi connectivity index (χ1) is 17.0. The Morgan fingerprint density at radius 3 is 2.28 bits per heavy atom. The van der Waals surface area contributed by atoms with Gasteiger partial charge in [0.2, 0.25) is 15.9 Å². The summed E-state index contributed by atoms with van der Waals surface area (Å²) >= 11 is 0. The van der Waals surface area contributed by atoms with Crippen molar-refractivity contribution in [3.8, 4) is 5.75 Å². The average molecular weight is 523 g/mol. The largest absolute Gasteiger partial charge is 0.497 e. The molecule has 36 heavy (non-hydrogen) atoms. The first-order valence-electron chi connectivity index (χ1n) is 12.1. The van der Waals surface area contributed by atoms with E-state index >= 15 is 0 Å². The van der Waals surface area contributed by atoms with Crippen molar-refractivity contribution >= 4 is 15.9 Å². The predicted octanol–water partition coefficient (Wildman–Crippen LogP) is 1.62. The number of ether oxygens (including phenoxy) is 1. The number of aryl methyl sites for hydroxylation is 2. The summed E-state index contributed by atoms with van der Waals surface area (Å²) in [5.41, 5.74) is 1.16. The quantitative estimate of drug-likeness (QED) is 0.406. The summed E-state index contributed by atoms with van der Waals surface area (Å²) in [5, 5.41) is 7.81. The fourth-order valence-electron chi connectivity index (χ4n) is 4.34. The first-order valence-corrected chi connectivity index (χ1v) is 13.6. The Bertz CT molecular complexity index is 1120. The zero-order valence-electron chi connectivity index (χ0n) is 22.2. The van der Waals surface area contributed by atoms with E-state index in [0.717, 1.165) is 43.3 Å². The number of benzene rings is 1. The van der Waals surface area contributed by atoms with Crippen LogP contribution in [-0.2, 0) is 16.6 Å². The first kappa shape index (κ1) is 28.0. The van der Waals surface area contributed by atoms with Crippen LogP contribution in [0.4, 0.5) is 0 Å². The van der Waals surface area contributed by atoms with E-state index in [9.17, 15) is 13.2 Å². The number of carbonyl (C=O) groups excluding carboxylic acids is 1. The Labute approximate surface area is 214 Å². The number of nitrogens with zero attached hydrogens (tertiary/aromatic N) is 6. The van der Waals surface area contributed by atoms with E-state index in [1.807, 2.05) is 0 Å². The number of piperazine rings is 1. The maximum Gasteiger partial charge on any atom is 0.311 e. The molecule has 0 radical (unpaired) electrons. The molecule has 0 N–H and O–H groups in total. The van der Waals surface area contributed by atoms with Gasteiger partial charge in [0.05, 0.1) is 18.6 Å². The third-order valence-corrected chi connectivity index (χ3v) is 8.44. The maximum atomic E-state index is 13.2. The standard InChI is InChI=1S/C24H38N6O5S/c1-18-15-20(34-6)16-19(2)22(18)36(32,33)28(5)17-21-25-26-23(35-21)24(31)30-13-11-29(12-14-30)10-8-7-9-27(3)4/h15-16H,7-14,17H2,1-6H3. The molecule has 12 heteroatoms. The summed E-state index contributed by atoms with van der Waals surface area (Å²) in [6.45, 7) is 8.19. The normalized spacial score (nSPS) is 15.2. The number of unbranched alkanes of at least 4 members (excludes halogenated alkanes) is 1. The number of rotatable bonds is 11. The monoisotopic (exact) mass is 522 g/mol. The Morgan fingerprint density at radius 1 is 1.06 bits per heavy atom. The van der Waals surface area contributed by atoms with Crippen LogP contribution in [0.1, 0.15) is 40.5 Å². The van der Waals surface area contributed by atoms with Gasteiger partial charge in [0.25, 0.3) is 0 Å². The summed E-state index contributed by atoms with van der Waals surface area (Å²) in [6, 6.07) is 3.36. The zero-order valence-corrected chi connectivity index (χ0v) is 23.0. The molecule has 0 aliphatic carbocycles. The minimum Gasteiger partial charge on any atom is -0.497 e. The van der Waals surface area contributed by atoms with E-state index in [1.165, 1.54) is 14.2 Å². The summed E-state index contributed by atoms with van der Waals surface area (Å²) in [5.74, 6) is 0.213. The molecule has 1 aliphatic heterocycles. The van der Waals surface area contributed by atoms with Gasteiger partial charge in [-0.25, -0.2) is 8.42 Å². The minimum absolute atomic E-state index is 0.0628. The Balaban J connectivity index is 1.57. The van der Waals surface area contributed by atoms with Crippen molar-refractivity contribution in [2.45, 2.75) is 38.1 Å². The highest BCUT2D eigenvalue weighted by Gasteiger charge is 2.29. The SMILES string of the molecule is COc1cc(C)c(S(=O)(=O)N(C)Cc2nnc(C(=O)N3CCN(CCCCN(C)C)CC3)o2)c(C)c1. The second-order valence-corrected chi connectivity index (χ2v) is 11.5. The Kier molecular flexibility index (Phi) is 9.45. The Hall–Kier alpha value is -2.54. The number of amides is 1. The number of aromatic nitrogens is 2. The lowest BCUT2D eigenvalue weighted by atomic mass is 10.1. The van der Waals surface area contributed by atoms with Crippen molar-refractivity contribution in [2.75, 3.05) is 67.5 Å². The van der Waals surface area contributed by atoms with Gasteiger partial charge in [0, 0.05) is 33.2 Å². The van der Waals surface area contributed by atoms with Crippen LogP contribution >= 0.6 is 0 Å². The molecule has 1 aromatic carbocycles. The van der Waals surface area contributed by atoms with Gasteiger partial charge in [0.15, 0.2) is 0 Å². The van der Waals surface area contributed by atoms with Crippen molar-refractivity contribution in [1.29, 1.82) is 0 Å². The van der Waals surface area contributed by atoms with Gasteiger partial charge in [0.1, 0.15) is 5.75 Å². The third-order valence-electron chi connectivity index (χ3n) is 6.33. The molecule has 200 valence electrons. The molecule has 3 rings (SSSR count). The lowest BCUT2D eigenvalue weighted by Gasteiger charge is -2.34. The second-order valence-electron chi connectivity index (χ2n) is 9.50. The maximum absolute atomic E-state index is 13.2. The van der Waals surface area contributed by atoms with Crippen LogP contribution in [0, 0.1) is 13.8 Å². The van der Waals surface area contributed by atoms with Gasteiger partial charge >= 0.3 is 11.8 Å². The van der Waals surface area contributed by atoms with Gasteiger partial charge in [-0.3, -0.25) is 9.69 Å². The summed E-state index contributed by atoms with van der Waals surface area (Å²) in [7, 11) is 3.31. The van der Waals surface area contributed by atoms with Crippen LogP contribution in [0.5, 0.6) is 5.75 Å². The Morgan fingerprint density at radius 2 is 1.69 bits per heavy atom. The number of carbonyl (C=O) groups is 1. The van der Waals surface area contributed by atoms with Gasteiger partial charge in [-0.2, -0.15) is 4.31 Å². The topological polar surface area (TPSA) is 112 Å². The van der Waals surface area contributed by atoms with Gasteiger partial charge in [-0.1, -0.05) is 0 Å². The highest BCUT2D eigenvalue weighted by molar-refractivity contribution is 7.89. The van der Waals surface area contributed by atoms with Crippen molar-refractivity contribution in [3.05, 3.63) is 35.0 Å². The van der Waals surface area contributed by atoms with E-state index < -0.39 is 10.0 Å². The molecule has 0 saturated carbocycles. The summed E-state index contributed by atoms with van der Waals surface area (Å²) in [4.78, 5) is 19.3. The number of sulfonamides is 1. The van der Waals surface area contributed by atoms with Gasteiger partial charge in [-0.15, -0.1) is 10.2 Å².